The van der Waals surface area contributed by atoms with Gasteiger partial charge in [0.05, 0.1) is 0 Å². The summed E-state index contributed by atoms with van der Waals surface area (Å²) in [5.41, 5.74) is 0.850. The number of hydrogen-bond donors (Lipinski definition) is 1. The van der Waals surface area contributed by atoms with Crippen LogP contribution in [0, 0.1) is 0 Å². The van der Waals surface area contributed by atoms with Gasteiger partial charge in [0.1, 0.15) is 5.15 Å². The number of rotatable bonds is 3. The Kier molecular flexibility index (Phi) is 4.24. The van der Waals surface area contributed by atoms with Gasteiger partial charge in [-0.25, -0.2) is 4.98 Å². The van der Waals surface area contributed by atoms with E-state index in [4.69, 9.17) is 11.6 Å². The molecule has 1 aromatic heterocycles. The molecule has 0 amide bonds. The van der Waals surface area contributed by atoms with Crippen LogP contribution >= 0.6 is 11.6 Å². The summed E-state index contributed by atoms with van der Waals surface area (Å²) in [7, 11) is 2.12. The first-order valence-electron chi connectivity index (χ1n) is 6.21. The largest absolute Gasteiger partial charge is 0.493 e. The summed E-state index contributed by atoms with van der Waals surface area (Å²) in [6, 6.07) is 4.22. The maximum atomic E-state index is 9.72. The molecular formula is C13H19ClN2O. The van der Waals surface area contributed by atoms with Crippen molar-refractivity contribution in [2.75, 3.05) is 7.05 Å². The Morgan fingerprint density at radius 3 is 2.71 bits per heavy atom. The predicted molar refractivity (Wildman–Crippen MR) is 69.3 cm³/mol. The van der Waals surface area contributed by atoms with Gasteiger partial charge in [-0.15, -0.1) is 0 Å². The Bertz CT molecular complexity index is 378. The minimum Gasteiger partial charge on any atom is -0.493 e. The fraction of sp³-hybridized carbons (Fsp3) is 0.615. The summed E-state index contributed by atoms with van der Waals surface area (Å²) in [6.45, 7) is 0.737. The highest BCUT2D eigenvalue weighted by Gasteiger charge is 2.19. The molecule has 0 bridgehead atoms. The Labute approximate surface area is 107 Å². The van der Waals surface area contributed by atoms with Crippen molar-refractivity contribution < 1.29 is 5.11 Å². The maximum Gasteiger partial charge on any atom is 0.216 e. The van der Waals surface area contributed by atoms with E-state index in [1.807, 2.05) is 6.07 Å². The third-order valence-corrected chi connectivity index (χ3v) is 3.75. The molecule has 0 unspecified atom stereocenters. The summed E-state index contributed by atoms with van der Waals surface area (Å²) < 4.78 is 0. The third-order valence-electron chi connectivity index (χ3n) is 3.54. The van der Waals surface area contributed by atoms with Crippen molar-refractivity contribution in [1.29, 1.82) is 0 Å². The molecule has 1 N–H and O–H groups in total. The molecular weight excluding hydrogens is 236 g/mol. The van der Waals surface area contributed by atoms with Crippen LogP contribution < -0.4 is 0 Å². The van der Waals surface area contributed by atoms with Crippen LogP contribution in [0.5, 0.6) is 5.88 Å². The monoisotopic (exact) mass is 254 g/mol. The average Bonchev–Trinajstić information content (AvgIpc) is 2.34. The lowest BCUT2D eigenvalue weighted by atomic mass is 9.94. The Morgan fingerprint density at radius 2 is 2.06 bits per heavy atom. The van der Waals surface area contributed by atoms with Gasteiger partial charge in [-0.1, -0.05) is 30.9 Å². The van der Waals surface area contributed by atoms with E-state index in [0.29, 0.717) is 11.2 Å². The fourth-order valence-corrected chi connectivity index (χ4v) is 2.64. The molecule has 1 saturated carbocycles. The summed E-state index contributed by atoms with van der Waals surface area (Å²) in [4.78, 5) is 6.18. The standard InChI is InChI=1S/C13H19ClN2O/c1-16(11-5-3-2-4-6-11)9-10-7-8-12(14)15-13(10)17/h7-8,11H,2-6,9H2,1H3,(H,15,17). The zero-order chi connectivity index (χ0) is 12.3. The lowest BCUT2D eigenvalue weighted by molar-refractivity contribution is 0.182. The molecule has 4 heteroatoms. The van der Waals surface area contributed by atoms with Crippen molar-refractivity contribution in [3.8, 4) is 5.88 Å². The zero-order valence-electron chi connectivity index (χ0n) is 10.2. The Hall–Kier alpha value is -0.800. The topological polar surface area (TPSA) is 36.4 Å². The summed E-state index contributed by atoms with van der Waals surface area (Å²) in [6.07, 6.45) is 6.52. The van der Waals surface area contributed by atoms with Crippen molar-refractivity contribution in [3.05, 3.63) is 22.8 Å². The van der Waals surface area contributed by atoms with E-state index in [1.54, 1.807) is 6.07 Å². The van der Waals surface area contributed by atoms with E-state index in [0.717, 1.165) is 12.1 Å². The van der Waals surface area contributed by atoms with E-state index in [2.05, 4.69) is 16.9 Å². The molecule has 0 atom stereocenters. The van der Waals surface area contributed by atoms with Gasteiger partial charge >= 0.3 is 0 Å². The van der Waals surface area contributed by atoms with Gasteiger partial charge in [-0.3, -0.25) is 4.90 Å². The summed E-state index contributed by atoms with van der Waals surface area (Å²) in [5.74, 6) is 0.0557. The van der Waals surface area contributed by atoms with Gasteiger partial charge in [0.2, 0.25) is 5.88 Å². The number of nitrogens with zero attached hydrogens (tertiary/aromatic N) is 2. The van der Waals surface area contributed by atoms with E-state index in [1.165, 1.54) is 32.1 Å². The molecule has 0 radical (unpaired) electrons. The van der Waals surface area contributed by atoms with Gasteiger partial charge < -0.3 is 5.11 Å². The highest BCUT2D eigenvalue weighted by Crippen LogP contribution is 2.25. The molecule has 1 aliphatic carbocycles. The zero-order valence-corrected chi connectivity index (χ0v) is 11.0. The molecule has 94 valence electrons. The second kappa shape index (κ2) is 5.69. The molecule has 1 heterocycles. The van der Waals surface area contributed by atoms with E-state index >= 15 is 0 Å². The molecule has 1 aliphatic rings. The van der Waals surface area contributed by atoms with Gasteiger partial charge in [0, 0.05) is 18.2 Å². The highest BCUT2D eigenvalue weighted by molar-refractivity contribution is 6.29. The van der Waals surface area contributed by atoms with E-state index in [9.17, 15) is 5.11 Å². The van der Waals surface area contributed by atoms with Crippen LogP contribution in [0.15, 0.2) is 12.1 Å². The van der Waals surface area contributed by atoms with Crippen LogP contribution in [-0.4, -0.2) is 28.1 Å². The van der Waals surface area contributed by atoms with Gasteiger partial charge in [-0.05, 0) is 32.0 Å². The Balaban J connectivity index is 1.99. The van der Waals surface area contributed by atoms with Crippen LogP contribution in [0.1, 0.15) is 37.7 Å². The van der Waals surface area contributed by atoms with Crippen molar-refractivity contribution in [2.45, 2.75) is 44.7 Å². The first-order chi connectivity index (χ1) is 8.16. The molecule has 17 heavy (non-hydrogen) atoms. The lowest BCUT2D eigenvalue weighted by Crippen LogP contribution is -2.32. The SMILES string of the molecule is CN(Cc1ccc(Cl)nc1O)C1CCCCC1. The normalized spacial score (nSPS) is 17.6. The Morgan fingerprint density at radius 1 is 1.35 bits per heavy atom. The third kappa shape index (κ3) is 3.33. The number of aromatic nitrogens is 1. The summed E-state index contributed by atoms with van der Waals surface area (Å²) >= 11 is 5.72. The quantitative estimate of drug-likeness (QED) is 0.842. The first kappa shape index (κ1) is 12.7. The van der Waals surface area contributed by atoms with Crippen LogP contribution in [0.4, 0.5) is 0 Å². The van der Waals surface area contributed by atoms with Crippen LogP contribution in [0.3, 0.4) is 0 Å². The average molecular weight is 255 g/mol. The highest BCUT2D eigenvalue weighted by atomic mass is 35.5. The summed E-state index contributed by atoms with van der Waals surface area (Å²) in [5, 5.41) is 10.1. The minimum absolute atomic E-state index is 0.0557. The smallest absolute Gasteiger partial charge is 0.216 e. The van der Waals surface area contributed by atoms with Crippen LogP contribution in [-0.2, 0) is 6.54 Å². The molecule has 0 aromatic carbocycles. The van der Waals surface area contributed by atoms with Crippen molar-refractivity contribution in [1.82, 2.24) is 9.88 Å². The maximum absolute atomic E-state index is 9.72. The van der Waals surface area contributed by atoms with Crippen LogP contribution in [0.2, 0.25) is 5.15 Å². The lowest BCUT2D eigenvalue weighted by Gasteiger charge is -2.31. The van der Waals surface area contributed by atoms with E-state index in [-0.39, 0.29) is 5.88 Å². The number of aromatic hydroxyl groups is 1. The number of halogens is 1. The van der Waals surface area contributed by atoms with E-state index < -0.39 is 0 Å². The fourth-order valence-electron chi connectivity index (χ4n) is 2.50. The molecule has 0 saturated heterocycles. The molecule has 2 rings (SSSR count). The van der Waals surface area contributed by atoms with Gasteiger partial charge in [0.25, 0.3) is 0 Å². The predicted octanol–water partition coefficient (Wildman–Crippen LogP) is 3.21. The number of hydrogen-bond acceptors (Lipinski definition) is 3. The molecule has 0 aliphatic heterocycles. The second-order valence-electron chi connectivity index (χ2n) is 4.82. The molecule has 1 aromatic rings. The van der Waals surface area contributed by atoms with Crippen LogP contribution in [0.25, 0.3) is 0 Å². The molecule has 3 nitrogen and oxygen atoms in total. The van der Waals surface area contributed by atoms with Gasteiger partial charge in [-0.2, -0.15) is 0 Å². The second-order valence-corrected chi connectivity index (χ2v) is 5.21. The van der Waals surface area contributed by atoms with Crippen molar-refractivity contribution in [2.24, 2.45) is 0 Å². The van der Waals surface area contributed by atoms with Crippen molar-refractivity contribution in [3.63, 3.8) is 0 Å². The first-order valence-corrected chi connectivity index (χ1v) is 6.59. The molecule has 0 spiro atoms. The van der Waals surface area contributed by atoms with Crippen molar-refractivity contribution >= 4 is 11.6 Å². The molecule has 1 fully saturated rings. The number of pyridine rings is 1. The minimum atomic E-state index is 0.0557. The van der Waals surface area contributed by atoms with Gasteiger partial charge in [0.15, 0.2) is 0 Å².